The highest BCUT2D eigenvalue weighted by molar-refractivity contribution is 7.08. The van der Waals surface area contributed by atoms with E-state index in [9.17, 15) is 28.6 Å². The molecule has 10 rings (SSSR count). The highest BCUT2D eigenvalue weighted by Gasteiger charge is 2.47. The van der Waals surface area contributed by atoms with Crippen LogP contribution in [0.4, 0.5) is 8.78 Å². The number of thiazole rings is 2. The summed E-state index contributed by atoms with van der Waals surface area (Å²) in [7, 11) is 0. The van der Waals surface area contributed by atoms with Crippen molar-refractivity contribution < 1.29 is 38.1 Å². The molecular formula is C67H85ClF2N4O6S2. The van der Waals surface area contributed by atoms with E-state index >= 15 is 0 Å². The van der Waals surface area contributed by atoms with Crippen LogP contribution in [-0.4, -0.2) is 67.5 Å². The van der Waals surface area contributed by atoms with Crippen molar-refractivity contribution in [2.75, 3.05) is 0 Å². The van der Waals surface area contributed by atoms with Gasteiger partial charge in [-0.25, -0.2) is 13.8 Å². The summed E-state index contributed by atoms with van der Waals surface area (Å²) in [5, 5.41) is 32.3. The minimum Gasteiger partial charge on any atom is -0.487 e. The van der Waals surface area contributed by atoms with Crippen LogP contribution in [0.5, 0.6) is 11.5 Å². The van der Waals surface area contributed by atoms with Crippen molar-refractivity contribution in [3.63, 3.8) is 0 Å². The first-order valence-corrected chi connectivity index (χ1v) is 31.6. The molecule has 2 saturated carbocycles. The van der Waals surface area contributed by atoms with E-state index in [1.807, 2.05) is 23.2 Å². The first kappa shape index (κ1) is 62.8. The maximum atomic E-state index is 14.5. The van der Waals surface area contributed by atoms with E-state index in [4.69, 9.17) is 21.1 Å². The standard InChI is InChI=1S/C33H41FN2O3S.C30H39ClFNO3.C4H5NS/c1-21(37)36-28(16-22-6-9-27(34)26(14-22)29-19-40-20-35-29)30(38)10-8-24-18-33(12-5-13-33)39-31-11-7-23(15-25(24)31)17-32(2,3)4;1-19(34)33-26(16-20-6-9-25(32)24(31)15-20)27(35)10-8-22-18-30(12-5-13-30)36-28-11-7-21(14-23(22)28)17-29(2,3)4;1-4-2-6-3-5-4/h6-7,9,11,14-15,19-20,24,28,30,38H,5,8,10,12-13,16-18H2,1-4H3,(H,36,37);6-7,9,11,14-15,22,26-27,35H,5,8,10,12-13,16-18H2,1-4H3,(H,33,34);2-3H,1H3/t24-,28-,30+;22-,26-,27+;/m00./s1. The van der Waals surface area contributed by atoms with Crippen LogP contribution in [0, 0.1) is 29.4 Å². The van der Waals surface area contributed by atoms with Gasteiger partial charge in [-0.05, 0) is 202 Å². The Hall–Kier alpha value is -5.25. The Kier molecular flexibility index (Phi) is 20.8. The van der Waals surface area contributed by atoms with E-state index in [0.717, 1.165) is 92.5 Å². The van der Waals surface area contributed by atoms with E-state index in [-0.39, 0.29) is 44.7 Å². The van der Waals surface area contributed by atoms with Crippen molar-refractivity contribution in [2.45, 2.75) is 212 Å². The molecule has 0 saturated heterocycles. The number of benzene rings is 4. The number of aryl methyl sites for hydroxylation is 1. The van der Waals surface area contributed by atoms with Gasteiger partial charge in [0.15, 0.2) is 0 Å². The third-order valence-corrected chi connectivity index (χ3v) is 18.0. The molecule has 6 atom stereocenters. The molecule has 82 heavy (non-hydrogen) atoms. The average molecular weight is 1180 g/mol. The Morgan fingerprint density at radius 2 is 1.11 bits per heavy atom. The number of carbonyl (C=O) groups is 2. The van der Waals surface area contributed by atoms with Crippen molar-refractivity contribution in [3.05, 3.63) is 150 Å². The minimum absolute atomic E-state index is 0.0410. The third kappa shape index (κ3) is 17.4. The molecule has 10 nitrogen and oxygen atoms in total. The molecule has 0 bridgehead atoms. The second-order valence-electron chi connectivity index (χ2n) is 26.2. The first-order chi connectivity index (χ1) is 38.8. The van der Waals surface area contributed by atoms with Crippen LogP contribution in [0.3, 0.4) is 0 Å². The molecule has 4 aromatic carbocycles. The number of rotatable bonds is 17. The van der Waals surface area contributed by atoms with Crippen molar-refractivity contribution in [3.8, 4) is 22.8 Å². The molecule has 2 fully saturated rings. The average Bonchev–Trinajstić information content (AvgIpc) is 4.23. The van der Waals surface area contributed by atoms with E-state index in [1.54, 1.807) is 41.1 Å². The molecular weight excluding hydrogens is 1090 g/mol. The van der Waals surface area contributed by atoms with Crippen LogP contribution in [-0.2, 0) is 35.3 Å². The van der Waals surface area contributed by atoms with Crippen molar-refractivity contribution in [1.29, 1.82) is 0 Å². The number of halogens is 3. The van der Waals surface area contributed by atoms with E-state index in [2.05, 4.69) is 98.5 Å². The second kappa shape index (κ2) is 27.2. The van der Waals surface area contributed by atoms with Crippen molar-refractivity contribution in [2.24, 2.45) is 10.8 Å². The topological polar surface area (TPSA) is 143 Å². The van der Waals surface area contributed by atoms with Gasteiger partial charge in [-0.1, -0.05) is 89.5 Å². The van der Waals surface area contributed by atoms with Gasteiger partial charge in [0.25, 0.3) is 0 Å². The fraction of sp³-hybridized carbons (Fsp3) is 0.522. The lowest BCUT2D eigenvalue weighted by atomic mass is 9.69. The summed E-state index contributed by atoms with van der Waals surface area (Å²) in [4.78, 5) is 32.2. The summed E-state index contributed by atoms with van der Waals surface area (Å²) in [5.41, 5.74) is 12.6. The monoisotopic (exact) mass is 1180 g/mol. The number of nitrogens with zero attached hydrogens (tertiary/aromatic N) is 2. The molecule has 4 heterocycles. The summed E-state index contributed by atoms with van der Waals surface area (Å²) in [5.74, 6) is 1.35. The van der Waals surface area contributed by atoms with Gasteiger partial charge in [-0.3, -0.25) is 14.6 Å². The van der Waals surface area contributed by atoms with E-state index in [1.165, 1.54) is 72.4 Å². The Labute approximate surface area is 498 Å². The summed E-state index contributed by atoms with van der Waals surface area (Å²) in [6.45, 7) is 18.4. The molecule has 2 aliphatic heterocycles. The number of nitrogens with one attached hydrogen (secondary N) is 2. The normalized spacial score (nSPS) is 18.9. The molecule has 442 valence electrons. The van der Waals surface area contributed by atoms with Crippen LogP contribution < -0.4 is 20.1 Å². The predicted octanol–water partition coefficient (Wildman–Crippen LogP) is 15.4. The SMILES string of the molecule is CC(=O)N[C@@H](Cc1ccc(F)c(-c2cscn2)c1)[C@H](O)CC[C@H]1CC2(CCC2)Oc2ccc(CC(C)(C)C)cc21.CC(=O)N[C@@H](Cc1ccc(F)c(Cl)c1)[C@H](O)CC[C@H]1CC2(CCC2)Oc2ccc(CC(C)(C)C)cc21.Cc1cscn1. The number of amides is 2. The lowest BCUT2D eigenvalue weighted by molar-refractivity contribution is -0.121. The zero-order valence-corrected chi connectivity index (χ0v) is 51.8. The van der Waals surface area contributed by atoms with Gasteiger partial charge in [-0.2, -0.15) is 0 Å². The number of aromatic nitrogens is 2. The number of ether oxygens (including phenoxy) is 2. The Balaban J connectivity index is 0.000000195. The van der Waals surface area contributed by atoms with Gasteiger partial charge >= 0.3 is 0 Å². The van der Waals surface area contributed by atoms with Crippen LogP contribution in [0.2, 0.25) is 5.02 Å². The van der Waals surface area contributed by atoms with Gasteiger partial charge < -0.3 is 30.3 Å². The summed E-state index contributed by atoms with van der Waals surface area (Å²) < 4.78 is 41.2. The van der Waals surface area contributed by atoms with Crippen LogP contribution in [0.15, 0.2) is 94.6 Å². The number of carbonyl (C=O) groups excluding carboxylic acids is 2. The predicted molar refractivity (Wildman–Crippen MR) is 327 cm³/mol. The molecule has 0 unspecified atom stereocenters. The minimum atomic E-state index is -0.738. The van der Waals surface area contributed by atoms with E-state index < -0.39 is 30.1 Å². The quantitative estimate of drug-likeness (QED) is 0.0707. The largest absolute Gasteiger partial charge is 0.487 e. The maximum absolute atomic E-state index is 14.5. The molecule has 0 radical (unpaired) electrons. The summed E-state index contributed by atoms with van der Waals surface area (Å²) in [6, 6.07) is 21.8. The smallest absolute Gasteiger partial charge is 0.217 e. The zero-order chi connectivity index (χ0) is 59.0. The molecule has 4 N–H and O–H groups in total. The molecule has 2 aromatic heterocycles. The molecule has 2 amide bonds. The fourth-order valence-corrected chi connectivity index (χ4v) is 13.6. The number of hydrogen-bond donors (Lipinski definition) is 4. The van der Waals surface area contributed by atoms with Crippen molar-refractivity contribution >= 4 is 46.1 Å². The Morgan fingerprint density at radius 3 is 1.49 bits per heavy atom. The number of hydrogen-bond acceptors (Lipinski definition) is 10. The summed E-state index contributed by atoms with van der Waals surface area (Å²) in [6.07, 6.45) is 12.6. The molecule has 2 spiro atoms. The van der Waals surface area contributed by atoms with Crippen LogP contribution in [0.1, 0.15) is 183 Å². The zero-order valence-electron chi connectivity index (χ0n) is 49.4. The first-order valence-electron chi connectivity index (χ1n) is 29.3. The highest BCUT2D eigenvalue weighted by atomic mass is 35.5. The summed E-state index contributed by atoms with van der Waals surface area (Å²) >= 11 is 9.00. The Morgan fingerprint density at radius 1 is 0.659 bits per heavy atom. The number of aliphatic hydroxyl groups excluding tert-OH is 2. The Bertz CT molecular complexity index is 3080. The molecule has 15 heteroatoms. The lowest BCUT2D eigenvalue weighted by Crippen LogP contribution is -2.47. The van der Waals surface area contributed by atoms with Crippen LogP contribution in [0.25, 0.3) is 11.3 Å². The van der Waals surface area contributed by atoms with Gasteiger partial charge in [-0.15, -0.1) is 22.7 Å². The van der Waals surface area contributed by atoms with Crippen LogP contribution >= 0.6 is 34.3 Å². The van der Waals surface area contributed by atoms with Gasteiger partial charge in [0.2, 0.25) is 11.8 Å². The second-order valence-corrected chi connectivity index (χ2v) is 28.0. The van der Waals surface area contributed by atoms with E-state index in [0.29, 0.717) is 48.8 Å². The number of aliphatic hydroxyl groups is 2. The fourth-order valence-electron chi connectivity index (χ4n) is 12.3. The highest BCUT2D eigenvalue weighted by Crippen LogP contribution is 2.53. The third-order valence-electron chi connectivity index (χ3n) is 16.4. The molecule has 2 aliphatic carbocycles. The molecule has 4 aliphatic rings. The molecule has 6 aromatic rings. The van der Waals surface area contributed by atoms with Crippen molar-refractivity contribution in [1.82, 2.24) is 20.6 Å². The number of fused-ring (bicyclic) bond motifs is 2. The van der Waals surface area contributed by atoms with Gasteiger partial charge in [0, 0.05) is 35.9 Å². The maximum Gasteiger partial charge on any atom is 0.217 e. The van der Waals surface area contributed by atoms with Gasteiger partial charge in [0.05, 0.1) is 46.0 Å². The van der Waals surface area contributed by atoms with Gasteiger partial charge in [0.1, 0.15) is 34.3 Å². The lowest BCUT2D eigenvalue weighted by Gasteiger charge is -2.48.